The first-order valence-electron chi connectivity index (χ1n) is 6.22. The van der Waals surface area contributed by atoms with Crippen molar-refractivity contribution in [3.63, 3.8) is 0 Å². The molecule has 20 heavy (non-hydrogen) atoms. The van der Waals surface area contributed by atoms with E-state index in [9.17, 15) is 4.79 Å². The van der Waals surface area contributed by atoms with Gasteiger partial charge in [-0.25, -0.2) is 10.8 Å². The molecule has 1 amide bonds. The van der Waals surface area contributed by atoms with Crippen molar-refractivity contribution in [3.05, 3.63) is 40.8 Å². The predicted octanol–water partition coefficient (Wildman–Crippen LogP) is 0.648. The number of anilines is 1. The van der Waals surface area contributed by atoms with Crippen LogP contribution in [0.2, 0.25) is 0 Å². The van der Waals surface area contributed by atoms with Gasteiger partial charge in [0.05, 0.1) is 5.69 Å². The van der Waals surface area contributed by atoms with Gasteiger partial charge < -0.3 is 10.7 Å². The van der Waals surface area contributed by atoms with Crippen molar-refractivity contribution in [3.8, 4) is 0 Å². The maximum absolute atomic E-state index is 12.1. The molecule has 0 atom stereocenters. The third-order valence-corrected chi connectivity index (χ3v) is 2.92. The van der Waals surface area contributed by atoms with Gasteiger partial charge in [-0.3, -0.25) is 9.48 Å². The van der Waals surface area contributed by atoms with E-state index in [2.05, 4.69) is 20.8 Å². The van der Waals surface area contributed by atoms with Crippen molar-refractivity contribution in [2.45, 2.75) is 20.4 Å². The molecular formula is C13H18N6O. The van der Waals surface area contributed by atoms with E-state index in [4.69, 9.17) is 5.84 Å². The Morgan fingerprint density at radius 2 is 2.15 bits per heavy atom. The molecule has 0 aliphatic heterocycles. The van der Waals surface area contributed by atoms with E-state index < -0.39 is 0 Å². The van der Waals surface area contributed by atoms with Crippen LogP contribution in [0.25, 0.3) is 0 Å². The molecule has 0 spiro atoms. The molecule has 4 N–H and O–H groups in total. The van der Waals surface area contributed by atoms with Crippen molar-refractivity contribution in [1.82, 2.24) is 20.1 Å². The highest BCUT2D eigenvalue weighted by Crippen LogP contribution is 2.10. The number of carbonyl (C=O) groups is 1. The second-order valence-corrected chi connectivity index (χ2v) is 4.62. The molecule has 2 rings (SSSR count). The molecule has 7 nitrogen and oxygen atoms in total. The van der Waals surface area contributed by atoms with E-state index in [1.807, 2.05) is 27.1 Å². The summed E-state index contributed by atoms with van der Waals surface area (Å²) in [5, 5.41) is 7.09. The molecule has 2 heterocycles. The first kappa shape index (κ1) is 14.0. The number of aromatic nitrogens is 3. The van der Waals surface area contributed by atoms with Crippen molar-refractivity contribution in [2.24, 2.45) is 12.9 Å². The Labute approximate surface area is 117 Å². The number of amides is 1. The van der Waals surface area contributed by atoms with Crippen LogP contribution in [0, 0.1) is 13.8 Å². The Kier molecular flexibility index (Phi) is 3.99. The van der Waals surface area contributed by atoms with Crippen molar-refractivity contribution in [2.75, 3.05) is 5.43 Å². The molecular weight excluding hydrogens is 256 g/mol. The average Bonchev–Trinajstić information content (AvgIpc) is 2.73. The summed E-state index contributed by atoms with van der Waals surface area (Å²) in [6, 6.07) is 3.32. The number of hydrazine groups is 1. The number of rotatable bonds is 4. The summed E-state index contributed by atoms with van der Waals surface area (Å²) in [7, 11) is 1.85. The minimum absolute atomic E-state index is 0.171. The molecule has 2 aromatic rings. The summed E-state index contributed by atoms with van der Waals surface area (Å²) in [6.45, 7) is 4.16. The quantitative estimate of drug-likeness (QED) is 0.561. The van der Waals surface area contributed by atoms with Crippen molar-refractivity contribution < 1.29 is 4.79 Å². The zero-order valence-electron chi connectivity index (χ0n) is 11.8. The Morgan fingerprint density at radius 1 is 1.40 bits per heavy atom. The van der Waals surface area contributed by atoms with Crippen molar-refractivity contribution in [1.29, 1.82) is 0 Å². The molecule has 0 saturated carbocycles. The summed E-state index contributed by atoms with van der Waals surface area (Å²) >= 11 is 0. The topological polar surface area (TPSA) is 97.9 Å². The van der Waals surface area contributed by atoms with E-state index in [0.717, 1.165) is 17.0 Å². The van der Waals surface area contributed by atoms with Crippen LogP contribution >= 0.6 is 0 Å². The van der Waals surface area contributed by atoms with Gasteiger partial charge in [0.25, 0.3) is 5.91 Å². The molecule has 0 unspecified atom stereocenters. The van der Waals surface area contributed by atoms with Crippen LogP contribution in [0.1, 0.15) is 27.3 Å². The van der Waals surface area contributed by atoms with Gasteiger partial charge in [-0.05, 0) is 26.0 Å². The normalized spacial score (nSPS) is 10.4. The molecule has 7 heteroatoms. The zero-order chi connectivity index (χ0) is 14.7. The molecule has 0 radical (unpaired) electrons. The van der Waals surface area contributed by atoms with Gasteiger partial charge in [0.15, 0.2) is 0 Å². The first-order chi connectivity index (χ1) is 9.49. The maximum atomic E-state index is 12.1. The van der Waals surface area contributed by atoms with E-state index in [1.165, 1.54) is 0 Å². The van der Waals surface area contributed by atoms with E-state index in [0.29, 0.717) is 17.9 Å². The minimum atomic E-state index is -0.171. The fraction of sp³-hybridized carbons (Fsp3) is 0.308. The lowest BCUT2D eigenvalue weighted by Crippen LogP contribution is -2.23. The van der Waals surface area contributed by atoms with Gasteiger partial charge in [0.2, 0.25) is 0 Å². The number of nitrogens with zero attached hydrogens (tertiary/aromatic N) is 3. The molecule has 0 aromatic carbocycles. The van der Waals surface area contributed by atoms with Gasteiger partial charge in [-0.2, -0.15) is 5.10 Å². The molecule has 2 aromatic heterocycles. The minimum Gasteiger partial charge on any atom is -0.348 e. The van der Waals surface area contributed by atoms with Crippen LogP contribution < -0.4 is 16.6 Å². The van der Waals surface area contributed by atoms with Gasteiger partial charge >= 0.3 is 0 Å². The largest absolute Gasteiger partial charge is 0.348 e. The third kappa shape index (κ3) is 3.12. The highest BCUT2D eigenvalue weighted by molar-refractivity contribution is 5.94. The van der Waals surface area contributed by atoms with Gasteiger partial charge in [0, 0.05) is 36.6 Å². The molecule has 0 fully saturated rings. The van der Waals surface area contributed by atoms with Crippen LogP contribution in [0.3, 0.4) is 0 Å². The zero-order valence-corrected chi connectivity index (χ0v) is 11.8. The van der Waals surface area contributed by atoms with Gasteiger partial charge in [0.1, 0.15) is 5.82 Å². The van der Waals surface area contributed by atoms with Gasteiger partial charge in [-0.1, -0.05) is 0 Å². The number of nitrogen functional groups attached to an aromatic ring is 1. The summed E-state index contributed by atoms with van der Waals surface area (Å²) in [5.74, 6) is 5.61. The lowest BCUT2D eigenvalue weighted by atomic mass is 10.2. The fourth-order valence-electron chi connectivity index (χ4n) is 1.97. The molecule has 0 aliphatic carbocycles. The summed E-state index contributed by atoms with van der Waals surface area (Å²) in [4.78, 5) is 16.3. The average molecular weight is 274 g/mol. The smallest absolute Gasteiger partial charge is 0.251 e. The Balaban J connectivity index is 2.08. The SMILES string of the molecule is Cc1cc(C(=O)NCc2cn(C)nc2C)cc(NN)n1. The second-order valence-electron chi connectivity index (χ2n) is 4.62. The van der Waals surface area contributed by atoms with Crippen molar-refractivity contribution >= 4 is 11.7 Å². The van der Waals surface area contributed by atoms with Crippen LogP contribution in [0.4, 0.5) is 5.82 Å². The second kappa shape index (κ2) is 5.70. The van der Waals surface area contributed by atoms with Gasteiger partial charge in [-0.15, -0.1) is 0 Å². The summed E-state index contributed by atoms with van der Waals surface area (Å²) in [5.41, 5.74) is 5.59. The van der Waals surface area contributed by atoms with Crippen LogP contribution in [-0.2, 0) is 13.6 Å². The highest BCUT2D eigenvalue weighted by atomic mass is 16.1. The van der Waals surface area contributed by atoms with Crippen LogP contribution in [0.5, 0.6) is 0 Å². The number of aryl methyl sites for hydroxylation is 3. The third-order valence-electron chi connectivity index (χ3n) is 2.92. The number of hydrogen-bond donors (Lipinski definition) is 3. The van der Waals surface area contributed by atoms with E-state index in [1.54, 1.807) is 16.8 Å². The fourth-order valence-corrected chi connectivity index (χ4v) is 1.97. The lowest BCUT2D eigenvalue weighted by Gasteiger charge is -2.07. The lowest BCUT2D eigenvalue weighted by molar-refractivity contribution is 0.0950. The summed E-state index contributed by atoms with van der Waals surface area (Å²) in [6.07, 6.45) is 1.89. The Bertz CT molecular complexity index is 634. The number of nitrogens with two attached hydrogens (primary N) is 1. The maximum Gasteiger partial charge on any atom is 0.251 e. The van der Waals surface area contributed by atoms with E-state index >= 15 is 0 Å². The molecule has 0 saturated heterocycles. The predicted molar refractivity (Wildman–Crippen MR) is 75.9 cm³/mol. The number of hydrogen-bond acceptors (Lipinski definition) is 5. The molecule has 106 valence electrons. The molecule has 0 bridgehead atoms. The highest BCUT2D eigenvalue weighted by Gasteiger charge is 2.10. The number of pyridine rings is 1. The van der Waals surface area contributed by atoms with E-state index in [-0.39, 0.29) is 5.91 Å². The number of nitrogens with one attached hydrogen (secondary N) is 2. The number of carbonyl (C=O) groups excluding carboxylic acids is 1. The monoisotopic (exact) mass is 274 g/mol. The van der Waals surface area contributed by atoms with Crippen LogP contribution in [0.15, 0.2) is 18.3 Å². The standard InChI is InChI=1S/C13H18N6O/c1-8-4-10(5-12(16-8)17-14)13(20)15-6-11-7-19(3)18-9(11)2/h4-5,7H,6,14H2,1-3H3,(H,15,20)(H,16,17). The summed E-state index contributed by atoms with van der Waals surface area (Å²) < 4.78 is 1.73. The van der Waals surface area contributed by atoms with Crippen LogP contribution in [-0.4, -0.2) is 20.7 Å². The first-order valence-corrected chi connectivity index (χ1v) is 6.22. The molecule has 0 aliphatic rings. The Morgan fingerprint density at radius 3 is 2.75 bits per heavy atom. The Hall–Kier alpha value is -2.41.